The number of anilines is 2. The molecule has 3 aromatic carbocycles. The van der Waals surface area contributed by atoms with Crippen molar-refractivity contribution in [3.8, 4) is 28.5 Å². The van der Waals surface area contributed by atoms with Gasteiger partial charge >= 0.3 is 0 Å². The highest BCUT2D eigenvalue weighted by molar-refractivity contribution is 7.89. The van der Waals surface area contributed by atoms with E-state index in [-0.39, 0.29) is 4.90 Å². The van der Waals surface area contributed by atoms with Gasteiger partial charge in [0.2, 0.25) is 10.0 Å². The Morgan fingerprint density at radius 1 is 0.895 bits per heavy atom. The predicted molar refractivity (Wildman–Crippen MR) is 142 cm³/mol. The Bertz CT molecular complexity index is 1910. The van der Waals surface area contributed by atoms with Crippen LogP contribution in [0.1, 0.15) is 0 Å². The van der Waals surface area contributed by atoms with E-state index < -0.39 is 10.0 Å². The molecule has 0 saturated carbocycles. The summed E-state index contributed by atoms with van der Waals surface area (Å²) in [6.45, 7) is 0. The fourth-order valence-electron chi connectivity index (χ4n) is 4.15. The van der Waals surface area contributed by atoms with Crippen molar-refractivity contribution in [3.63, 3.8) is 0 Å². The van der Waals surface area contributed by atoms with Gasteiger partial charge in [-0.2, -0.15) is 4.52 Å². The van der Waals surface area contributed by atoms with Crippen molar-refractivity contribution < 1.29 is 13.2 Å². The molecule has 0 unspecified atom stereocenters. The molecule has 0 amide bonds. The molecule has 6 aromatic rings. The van der Waals surface area contributed by atoms with E-state index in [0.717, 1.165) is 22.1 Å². The van der Waals surface area contributed by atoms with Gasteiger partial charge in [0.1, 0.15) is 5.75 Å². The zero-order valence-corrected chi connectivity index (χ0v) is 20.8. The second-order valence-corrected chi connectivity index (χ2v) is 9.89. The topological polar surface area (TPSA) is 150 Å². The Hall–Kier alpha value is -4.94. The number of nitrogens with zero attached hydrogens (tertiary/aromatic N) is 6. The molecule has 0 spiro atoms. The Morgan fingerprint density at radius 2 is 1.63 bits per heavy atom. The SMILES string of the molecule is COc1ccc(-c2nnc3c4ccccc4c(Nc4ccc(S(N)(=O)=O)cc4-c4ncccn4)nn23)cc1. The van der Waals surface area contributed by atoms with Crippen molar-refractivity contribution in [3.05, 3.63) is 85.2 Å². The van der Waals surface area contributed by atoms with Crippen LogP contribution in [-0.2, 0) is 10.0 Å². The highest BCUT2D eigenvalue weighted by atomic mass is 32.2. The summed E-state index contributed by atoms with van der Waals surface area (Å²) in [5, 5.41) is 24.0. The molecule has 3 aromatic heterocycles. The maximum absolute atomic E-state index is 12.1. The number of rotatable bonds is 6. The minimum atomic E-state index is -3.95. The van der Waals surface area contributed by atoms with Gasteiger partial charge in [-0.1, -0.05) is 24.3 Å². The quantitative estimate of drug-likeness (QED) is 0.331. The highest BCUT2D eigenvalue weighted by Crippen LogP contribution is 2.34. The molecule has 11 nitrogen and oxygen atoms in total. The molecule has 0 bridgehead atoms. The van der Waals surface area contributed by atoms with Crippen LogP contribution in [0.5, 0.6) is 5.75 Å². The maximum atomic E-state index is 12.1. The number of nitrogens with two attached hydrogens (primary N) is 1. The summed E-state index contributed by atoms with van der Waals surface area (Å²) in [4.78, 5) is 8.55. The third-order valence-corrected chi connectivity index (χ3v) is 6.90. The second kappa shape index (κ2) is 9.18. The summed E-state index contributed by atoms with van der Waals surface area (Å²) >= 11 is 0. The second-order valence-electron chi connectivity index (χ2n) is 8.33. The summed E-state index contributed by atoms with van der Waals surface area (Å²) in [6.07, 6.45) is 3.15. The molecule has 0 fully saturated rings. The molecule has 188 valence electrons. The van der Waals surface area contributed by atoms with Crippen molar-refractivity contribution in [2.24, 2.45) is 5.14 Å². The largest absolute Gasteiger partial charge is 0.497 e. The Kier molecular flexibility index (Phi) is 5.66. The zero-order chi connectivity index (χ0) is 26.3. The molecular formula is C26H20N8O3S. The van der Waals surface area contributed by atoms with Crippen molar-refractivity contribution in [2.45, 2.75) is 4.90 Å². The van der Waals surface area contributed by atoms with Crippen molar-refractivity contribution >= 4 is 37.9 Å². The normalized spacial score (nSPS) is 11.6. The van der Waals surface area contributed by atoms with Gasteiger partial charge in [-0.3, -0.25) is 0 Å². The fourth-order valence-corrected chi connectivity index (χ4v) is 4.69. The lowest BCUT2D eigenvalue weighted by atomic mass is 10.1. The molecule has 6 rings (SSSR count). The average molecular weight is 525 g/mol. The Morgan fingerprint density at radius 3 is 2.34 bits per heavy atom. The van der Waals surface area contributed by atoms with Gasteiger partial charge in [-0.15, -0.1) is 15.3 Å². The first-order valence-electron chi connectivity index (χ1n) is 11.4. The first-order valence-corrected chi connectivity index (χ1v) is 13.0. The lowest BCUT2D eigenvalue weighted by Crippen LogP contribution is -2.12. The molecule has 12 heteroatoms. The average Bonchev–Trinajstić information content (AvgIpc) is 3.37. The monoisotopic (exact) mass is 524 g/mol. The number of hydrogen-bond donors (Lipinski definition) is 2. The Balaban J connectivity index is 1.54. The number of fused-ring (bicyclic) bond motifs is 3. The van der Waals surface area contributed by atoms with Crippen LogP contribution < -0.4 is 15.2 Å². The number of ether oxygens (including phenoxy) is 1. The number of nitrogens with one attached hydrogen (secondary N) is 1. The van der Waals surface area contributed by atoms with E-state index in [1.165, 1.54) is 12.1 Å². The van der Waals surface area contributed by atoms with Crippen LogP contribution in [0.3, 0.4) is 0 Å². The summed E-state index contributed by atoms with van der Waals surface area (Å²) < 4.78 is 31.1. The molecule has 0 aliphatic carbocycles. The summed E-state index contributed by atoms with van der Waals surface area (Å²) in [6, 6.07) is 21.3. The van der Waals surface area contributed by atoms with Gasteiger partial charge in [-0.05, 0) is 48.5 Å². The highest BCUT2D eigenvalue weighted by Gasteiger charge is 2.19. The third kappa shape index (κ3) is 4.17. The molecule has 0 atom stereocenters. The molecule has 0 aliphatic rings. The van der Waals surface area contributed by atoms with Crippen LogP contribution in [0.4, 0.5) is 11.5 Å². The van der Waals surface area contributed by atoms with E-state index in [9.17, 15) is 8.42 Å². The van der Waals surface area contributed by atoms with E-state index >= 15 is 0 Å². The van der Waals surface area contributed by atoms with Gasteiger partial charge < -0.3 is 10.1 Å². The van der Waals surface area contributed by atoms with Crippen molar-refractivity contribution in [1.82, 2.24) is 29.8 Å². The van der Waals surface area contributed by atoms with Crippen LogP contribution in [0.2, 0.25) is 0 Å². The van der Waals surface area contributed by atoms with Crippen LogP contribution in [0, 0.1) is 0 Å². The smallest absolute Gasteiger partial charge is 0.238 e. The van der Waals surface area contributed by atoms with Gasteiger partial charge in [0, 0.05) is 34.3 Å². The van der Waals surface area contributed by atoms with Crippen LogP contribution in [0.25, 0.3) is 39.2 Å². The van der Waals surface area contributed by atoms with Crippen LogP contribution >= 0.6 is 0 Å². The summed E-state index contributed by atoms with van der Waals surface area (Å²) in [7, 11) is -2.34. The third-order valence-electron chi connectivity index (χ3n) is 5.99. The molecule has 0 aliphatic heterocycles. The molecule has 0 saturated heterocycles. The van der Waals surface area contributed by atoms with E-state index in [1.54, 1.807) is 36.2 Å². The Labute approximate surface area is 217 Å². The first-order chi connectivity index (χ1) is 18.4. The number of sulfonamides is 1. The molecule has 38 heavy (non-hydrogen) atoms. The minimum Gasteiger partial charge on any atom is -0.497 e. The number of hydrogen-bond acceptors (Lipinski definition) is 9. The lowest BCUT2D eigenvalue weighted by molar-refractivity contribution is 0.415. The standard InChI is InChI=1S/C26H20N8O3S/c1-37-17-9-7-16(8-10-17)25-31-32-26-20-6-3-2-5-19(20)24(33-34(25)26)30-22-12-11-18(38(27,35)36)15-21(22)23-28-13-4-14-29-23/h2-15H,1H3,(H,30,33)(H2,27,35,36). The summed E-state index contributed by atoms with van der Waals surface area (Å²) in [5.41, 5.74) is 2.39. The molecule has 3 N–H and O–H groups in total. The van der Waals surface area contributed by atoms with E-state index in [2.05, 4.69) is 25.5 Å². The van der Waals surface area contributed by atoms with Crippen LogP contribution in [-0.4, -0.2) is 45.3 Å². The number of benzene rings is 3. The van der Waals surface area contributed by atoms with E-state index in [0.29, 0.717) is 34.4 Å². The van der Waals surface area contributed by atoms with Crippen molar-refractivity contribution in [1.29, 1.82) is 0 Å². The number of primary sulfonamides is 1. The van der Waals surface area contributed by atoms with Gasteiger partial charge in [0.15, 0.2) is 23.1 Å². The minimum absolute atomic E-state index is 0.0561. The predicted octanol–water partition coefficient (Wildman–Crippen LogP) is 3.80. The first kappa shape index (κ1) is 23.5. The van der Waals surface area contributed by atoms with Crippen molar-refractivity contribution in [2.75, 3.05) is 12.4 Å². The lowest BCUT2D eigenvalue weighted by Gasteiger charge is -2.14. The number of aromatic nitrogens is 6. The molecule has 3 heterocycles. The molecular weight excluding hydrogens is 504 g/mol. The van der Waals surface area contributed by atoms with Gasteiger partial charge in [0.05, 0.1) is 17.7 Å². The van der Waals surface area contributed by atoms with E-state index in [4.69, 9.17) is 15.0 Å². The van der Waals surface area contributed by atoms with Gasteiger partial charge in [-0.25, -0.2) is 23.5 Å². The summed E-state index contributed by atoms with van der Waals surface area (Å²) in [5.74, 6) is 2.10. The zero-order valence-electron chi connectivity index (χ0n) is 20.0. The maximum Gasteiger partial charge on any atom is 0.238 e. The molecule has 0 radical (unpaired) electrons. The van der Waals surface area contributed by atoms with Crippen LogP contribution in [0.15, 0.2) is 90.1 Å². The number of methoxy groups -OCH3 is 1. The fraction of sp³-hybridized carbons (Fsp3) is 0.0385. The van der Waals surface area contributed by atoms with Gasteiger partial charge in [0.25, 0.3) is 0 Å². The van der Waals surface area contributed by atoms with E-state index in [1.807, 2.05) is 48.5 Å².